The first-order valence-electron chi connectivity index (χ1n) is 6.55. The first-order valence-corrected chi connectivity index (χ1v) is 7.35. The standard InChI is InChI=1S/C15H20BrN3/c1-10(2)15-7-8-19(18-15)12-5-6-13(11(3)17-4)14(16)9-12/h5-11,17H,1-4H3. The molecule has 3 nitrogen and oxygen atoms in total. The van der Waals surface area contributed by atoms with E-state index in [0.717, 1.165) is 15.9 Å². The zero-order valence-electron chi connectivity index (χ0n) is 11.8. The van der Waals surface area contributed by atoms with Gasteiger partial charge in [-0.05, 0) is 43.7 Å². The highest BCUT2D eigenvalue weighted by Gasteiger charge is 2.10. The Bertz CT molecular complexity index is 560. The monoisotopic (exact) mass is 321 g/mol. The van der Waals surface area contributed by atoms with Crippen molar-refractivity contribution < 1.29 is 0 Å². The highest BCUT2D eigenvalue weighted by molar-refractivity contribution is 9.10. The number of hydrogen-bond donors (Lipinski definition) is 1. The third kappa shape index (κ3) is 3.07. The average Bonchev–Trinajstić information content (AvgIpc) is 2.87. The fourth-order valence-corrected chi connectivity index (χ4v) is 2.67. The molecule has 102 valence electrons. The van der Waals surface area contributed by atoms with Gasteiger partial charge in [0.25, 0.3) is 0 Å². The number of halogens is 1. The maximum atomic E-state index is 4.60. The van der Waals surface area contributed by atoms with Gasteiger partial charge in [-0.25, -0.2) is 4.68 Å². The Labute approximate surface area is 123 Å². The van der Waals surface area contributed by atoms with Gasteiger partial charge in [-0.3, -0.25) is 0 Å². The first-order chi connectivity index (χ1) is 9.02. The van der Waals surface area contributed by atoms with Crippen molar-refractivity contribution in [2.45, 2.75) is 32.7 Å². The van der Waals surface area contributed by atoms with E-state index >= 15 is 0 Å². The molecule has 0 aliphatic heterocycles. The van der Waals surface area contributed by atoms with Gasteiger partial charge in [0, 0.05) is 16.7 Å². The summed E-state index contributed by atoms with van der Waals surface area (Å²) in [5.74, 6) is 0.452. The number of hydrogen-bond acceptors (Lipinski definition) is 2. The van der Waals surface area contributed by atoms with Gasteiger partial charge in [-0.1, -0.05) is 35.8 Å². The highest BCUT2D eigenvalue weighted by atomic mass is 79.9. The van der Waals surface area contributed by atoms with Crippen LogP contribution in [-0.4, -0.2) is 16.8 Å². The number of rotatable bonds is 4. The summed E-state index contributed by atoms with van der Waals surface area (Å²) < 4.78 is 3.03. The fourth-order valence-electron chi connectivity index (χ4n) is 1.95. The zero-order valence-corrected chi connectivity index (χ0v) is 13.4. The number of nitrogens with zero attached hydrogens (tertiary/aromatic N) is 2. The van der Waals surface area contributed by atoms with Crippen LogP contribution in [0.4, 0.5) is 0 Å². The molecule has 0 saturated carbocycles. The van der Waals surface area contributed by atoms with Crippen LogP contribution < -0.4 is 5.32 Å². The van der Waals surface area contributed by atoms with Crippen LogP contribution in [0.15, 0.2) is 34.9 Å². The molecule has 19 heavy (non-hydrogen) atoms. The van der Waals surface area contributed by atoms with Crippen molar-refractivity contribution in [3.8, 4) is 5.69 Å². The molecule has 1 N–H and O–H groups in total. The molecular formula is C15H20BrN3. The summed E-state index contributed by atoms with van der Waals surface area (Å²) in [5.41, 5.74) is 3.44. The van der Waals surface area contributed by atoms with Gasteiger partial charge in [0.2, 0.25) is 0 Å². The normalized spacial score (nSPS) is 12.9. The molecule has 0 fully saturated rings. The van der Waals surface area contributed by atoms with Gasteiger partial charge >= 0.3 is 0 Å². The molecule has 0 spiro atoms. The van der Waals surface area contributed by atoms with Crippen LogP contribution in [0.2, 0.25) is 0 Å². The topological polar surface area (TPSA) is 29.9 Å². The van der Waals surface area contributed by atoms with Crippen molar-refractivity contribution in [3.05, 3.63) is 46.2 Å². The molecule has 0 aliphatic rings. The average molecular weight is 322 g/mol. The SMILES string of the molecule is CNC(C)c1ccc(-n2ccc(C(C)C)n2)cc1Br. The molecular weight excluding hydrogens is 302 g/mol. The Kier molecular flexibility index (Phi) is 4.42. The van der Waals surface area contributed by atoms with Crippen molar-refractivity contribution in [2.75, 3.05) is 7.05 Å². The molecule has 1 atom stereocenters. The van der Waals surface area contributed by atoms with E-state index in [9.17, 15) is 0 Å². The predicted molar refractivity (Wildman–Crippen MR) is 82.8 cm³/mol. The van der Waals surface area contributed by atoms with E-state index in [1.807, 2.05) is 17.9 Å². The van der Waals surface area contributed by atoms with Crippen molar-refractivity contribution in [3.63, 3.8) is 0 Å². The van der Waals surface area contributed by atoms with E-state index in [1.165, 1.54) is 5.56 Å². The zero-order chi connectivity index (χ0) is 14.0. The molecule has 1 aromatic heterocycles. The Morgan fingerprint density at radius 2 is 1.95 bits per heavy atom. The summed E-state index contributed by atoms with van der Waals surface area (Å²) in [7, 11) is 1.97. The van der Waals surface area contributed by atoms with E-state index in [4.69, 9.17) is 0 Å². The van der Waals surface area contributed by atoms with Gasteiger partial charge < -0.3 is 5.32 Å². The largest absolute Gasteiger partial charge is 0.313 e. The van der Waals surface area contributed by atoms with Crippen molar-refractivity contribution >= 4 is 15.9 Å². The number of nitrogens with one attached hydrogen (secondary N) is 1. The summed E-state index contributed by atoms with van der Waals surface area (Å²) >= 11 is 3.64. The van der Waals surface area contributed by atoms with Crippen molar-refractivity contribution in [1.29, 1.82) is 0 Å². The second-order valence-corrected chi connectivity index (χ2v) is 5.91. The molecule has 1 heterocycles. The van der Waals surface area contributed by atoms with Gasteiger partial charge in [-0.15, -0.1) is 0 Å². The first kappa shape index (κ1) is 14.3. The smallest absolute Gasteiger partial charge is 0.0657 e. The predicted octanol–water partition coefficient (Wildman–Crippen LogP) is 4.04. The lowest BCUT2D eigenvalue weighted by Gasteiger charge is -2.14. The maximum Gasteiger partial charge on any atom is 0.0657 e. The molecule has 2 aromatic rings. The van der Waals surface area contributed by atoms with Crippen LogP contribution in [0.5, 0.6) is 0 Å². The Hall–Kier alpha value is -1.13. The van der Waals surface area contributed by atoms with Gasteiger partial charge in [0.1, 0.15) is 0 Å². The van der Waals surface area contributed by atoms with Crippen LogP contribution in [0.1, 0.15) is 44.0 Å². The molecule has 0 bridgehead atoms. The molecule has 4 heteroatoms. The lowest BCUT2D eigenvalue weighted by molar-refractivity contribution is 0.649. The summed E-state index contributed by atoms with van der Waals surface area (Å²) in [6.07, 6.45) is 2.01. The van der Waals surface area contributed by atoms with E-state index in [1.54, 1.807) is 0 Å². The van der Waals surface area contributed by atoms with Crippen LogP contribution in [0.25, 0.3) is 5.69 Å². The van der Waals surface area contributed by atoms with E-state index in [0.29, 0.717) is 12.0 Å². The van der Waals surface area contributed by atoms with Crippen LogP contribution in [-0.2, 0) is 0 Å². The second kappa shape index (κ2) is 5.88. The van der Waals surface area contributed by atoms with Crippen molar-refractivity contribution in [1.82, 2.24) is 15.1 Å². The van der Waals surface area contributed by atoms with Crippen LogP contribution in [0, 0.1) is 0 Å². The molecule has 0 aliphatic carbocycles. The minimum absolute atomic E-state index is 0.326. The fraction of sp³-hybridized carbons (Fsp3) is 0.400. The quantitative estimate of drug-likeness (QED) is 0.921. The minimum Gasteiger partial charge on any atom is -0.313 e. The third-order valence-electron chi connectivity index (χ3n) is 3.35. The van der Waals surface area contributed by atoms with Gasteiger partial charge in [0.05, 0.1) is 11.4 Å². The Balaban J connectivity index is 2.33. The lowest BCUT2D eigenvalue weighted by atomic mass is 10.1. The third-order valence-corrected chi connectivity index (χ3v) is 4.04. The van der Waals surface area contributed by atoms with E-state index < -0.39 is 0 Å². The summed E-state index contributed by atoms with van der Waals surface area (Å²) in [6, 6.07) is 8.75. The molecule has 0 radical (unpaired) electrons. The molecule has 1 unspecified atom stereocenters. The summed E-state index contributed by atoms with van der Waals surface area (Å²) in [5, 5.41) is 7.84. The molecule has 2 rings (SSSR count). The summed E-state index contributed by atoms with van der Waals surface area (Å²) in [6.45, 7) is 6.45. The molecule has 0 amide bonds. The van der Waals surface area contributed by atoms with Crippen LogP contribution >= 0.6 is 15.9 Å². The van der Waals surface area contributed by atoms with Crippen molar-refractivity contribution in [2.24, 2.45) is 0 Å². The van der Waals surface area contributed by atoms with Crippen LogP contribution in [0.3, 0.4) is 0 Å². The molecule has 1 aromatic carbocycles. The lowest BCUT2D eigenvalue weighted by Crippen LogP contribution is -2.13. The van der Waals surface area contributed by atoms with Gasteiger partial charge in [0.15, 0.2) is 0 Å². The number of benzene rings is 1. The maximum absolute atomic E-state index is 4.60. The molecule has 0 saturated heterocycles. The van der Waals surface area contributed by atoms with E-state index in [2.05, 4.69) is 71.4 Å². The van der Waals surface area contributed by atoms with E-state index in [-0.39, 0.29) is 0 Å². The second-order valence-electron chi connectivity index (χ2n) is 5.06. The Morgan fingerprint density at radius 3 is 2.47 bits per heavy atom. The highest BCUT2D eigenvalue weighted by Crippen LogP contribution is 2.26. The minimum atomic E-state index is 0.326. The summed E-state index contributed by atoms with van der Waals surface area (Å²) in [4.78, 5) is 0. The van der Waals surface area contributed by atoms with Gasteiger partial charge in [-0.2, -0.15) is 5.10 Å². The number of aromatic nitrogens is 2. The Morgan fingerprint density at radius 1 is 1.21 bits per heavy atom.